The molecule has 1 aliphatic carbocycles. The highest BCUT2D eigenvalue weighted by atomic mass is 32.2. The van der Waals surface area contributed by atoms with Gasteiger partial charge in [-0.3, -0.25) is 4.21 Å². The summed E-state index contributed by atoms with van der Waals surface area (Å²) in [7, 11) is -0.636. The zero-order valence-corrected chi connectivity index (χ0v) is 9.28. The second kappa shape index (κ2) is 6.55. The minimum absolute atomic E-state index is 0.636. The van der Waals surface area contributed by atoms with E-state index in [1.807, 2.05) is 6.92 Å². The predicted molar refractivity (Wildman–Crippen MR) is 56.3 cm³/mol. The van der Waals surface area contributed by atoms with Crippen molar-refractivity contribution in [3.05, 3.63) is 0 Å². The Morgan fingerprint density at radius 1 is 1.38 bits per heavy atom. The molecule has 78 valence electrons. The molecule has 3 heteroatoms. The van der Waals surface area contributed by atoms with E-state index in [0.717, 1.165) is 24.0 Å². The lowest BCUT2D eigenvalue weighted by atomic mass is 10.1. The van der Waals surface area contributed by atoms with Gasteiger partial charge in [-0.15, -0.1) is 0 Å². The molecular formula is C10H20O2S. The van der Waals surface area contributed by atoms with Crippen LogP contribution in [0.3, 0.4) is 0 Å². The molecule has 0 heterocycles. The van der Waals surface area contributed by atoms with E-state index in [1.165, 1.54) is 25.7 Å². The number of hydrogen-bond donors (Lipinski definition) is 0. The molecule has 0 unspecified atom stereocenters. The van der Waals surface area contributed by atoms with Crippen LogP contribution in [-0.2, 0) is 15.5 Å². The Bertz CT molecular complexity index is 153. The summed E-state index contributed by atoms with van der Waals surface area (Å²) >= 11 is 0. The average Bonchev–Trinajstić information content (AvgIpc) is 2.57. The fourth-order valence-electron chi connectivity index (χ4n) is 1.82. The maximum Gasteiger partial charge on any atom is 0.0581 e. The summed E-state index contributed by atoms with van der Waals surface area (Å²) in [5, 5.41) is 0. The van der Waals surface area contributed by atoms with Gasteiger partial charge in [0.15, 0.2) is 0 Å². The second-order valence-corrected chi connectivity index (χ2v) is 5.28. The highest BCUT2D eigenvalue weighted by Crippen LogP contribution is 2.25. The maximum atomic E-state index is 11.5. The second-order valence-electron chi connectivity index (χ2n) is 3.66. The molecule has 0 amide bonds. The summed E-state index contributed by atoms with van der Waals surface area (Å²) in [6, 6.07) is 0. The summed E-state index contributed by atoms with van der Waals surface area (Å²) < 4.78 is 16.7. The van der Waals surface area contributed by atoms with E-state index < -0.39 is 10.8 Å². The molecule has 0 aromatic carbocycles. The van der Waals surface area contributed by atoms with Crippen molar-refractivity contribution in [2.24, 2.45) is 5.92 Å². The third kappa shape index (κ3) is 4.77. The third-order valence-electron chi connectivity index (χ3n) is 2.56. The van der Waals surface area contributed by atoms with Gasteiger partial charge in [-0.2, -0.15) is 0 Å². The smallest absolute Gasteiger partial charge is 0.0581 e. The molecule has 0 bridgehead atoms. The van der Waals surface area contributed by atoms with E-state index in [9.17, 15) is 4.21 Å². The summed E-state index contributed by atoms with van der Waals surface area (Å²) in [5.74, 6) is 2.37. The molecule has 0 aromatic heterocycles. The molecule has 1 atom stereocenters. The van der Waals surface area contributed by atoms with Crippen LogP contribution < -0.4 is 0 Å². The van der Waals surface area contributed by atoms with Crippen molar-refractivity contribution in [2.45, 2.75) is 32.6 Å². The van der Waals surface area contributed by atoms with Crippen molar-refractivity contribution in [1.82, 2.24) is 0 Å². The van der Waals surface area contributed by atoms with Gasteiger partial charge in [0.1, 0.15) is 0 Å². The van der Waals surface area contributed by atoms with Crippen LogP contribution in [0, 0.1) is 5.92 Å². The number of hydrogen-bond acceptors (Lipinski definition) is 2. The first-order valence-corrected chi connectivity index (χ1v) is 6.74. The largest absolute Gasteiger partial charge is 0.381 e. The standard InChI is InChI=1S/C10H20O2S/c1-2-12-7-8-13(11)9-10-5-3-4-6-10/h10H,2-9H2,1H3/t13-/m1/s1. The molecule has 2 nitrogen and oxygen atoms in total. The zero-order chi connectivity index (χ0) is 9.52. The first kappa shape index (κ1) is 11.2. The van der Waals surface area contributed by atoms with Crippen LogP contribution in [0.1, 0.15) is 32.6 Å². The highest BCUT2D eigenvalue weighted by molar-refractivity contribution is 7.85. The van der Waals surface area contributed by atoms with Gasteiger partial charge >= 0.3 is 0 Å². The summed E-state index contributed by atoms with van der Waals surface area (Å²) in [4.78, 5) is 0. The molecule has 1 fully saturated rings. The fraction of sp³-hybridized carbons (Fsp3) is 1.00. The Kier molecular flexibility index (Phi) is 5.63. The first-order valence-electron chi connectivity index (χ1n) is 5.25. The lowest BCUT2D eigenvalue weighted by molar-refractivity contribution is 0.164. The molecule has 1 rings (SSSR count). The van der Waals surface area contributed by atoms with Crippen molar-refractivity contribution >= 4 is 10.8 Å². The van der Waals surface area contributed by atoms with Crippen molar-refractivity contribution in [3.8, 4) is 0 Å². The SMILES string of the molecule is CCOCC[S@@](=O)CC1CCCC1. The Morgan fingerprint density at radius 2 is 2.08 bits per heavy atom. The first-order chi connectivity index (χ1) is 6.33. The van der Waals surface area contributed by atoms with Gasteiger partial charge in [-0.25, -0.2) is 0 Å². The minimum atomic E-state index is -0.636. The van der Waals surface area contributed by atoms with E-state index in [1.54, 1.807) is 0 Å². The molecule has 0 radical (unpaired) electrons. The van der Waals surface area contributed by atoms with Gasteiger partial charge in [0.25, 0.3) is 0 Å². The highest BCUT2D eigenvalue weighted by Gasteiger charge is 2.17. The summed E-state index contributed by atoms with van der Waals surface area (Å²) in [5.41, 5.74) is 0. The van der Waals surface area contributed by atoms with Crippen LogP contribution >= 0.6 is 0 Å². The molecular weight excluding hydrogens is 184 g/mol. The summed E-state index contributed by atoms with van der Waals surface area (Å²) in [6.45, 7) is 3.37. The van der Waals surface area contributed by atoms with Gasteiger partial charge in [0, 0.05) is 28.9 Å². The van der Waals surface area contributed by atoms with E-state index in [-0.39, 0.29) is 0 Å². The molecule has 0 aromatic rings. The number of rotatable bonds is 6. The Morgan fingerprint density at radius 3 is 2.69 bits per heavy atom. The van der Waals surface area contributed by atoms with Crippen LogP contribution in [0.15, 0.2) is 0 Å². The lowest BCUT2D eigenvalue weighted by Crippen LogP contribution is -2.14. The van der Waals surface area contributed by atoms with Crippen LogP contribution in [0.4, 0.5) is 0 Å². The monoisotopic (exact) mass is 204 g/mol. The van der Waals surface area contributed by atoms with Crippen molar-refractivity contribution in [2.75, 3.05) is 24.7 Å². The van der Waals surface area contributed by atoms with Crippen molar-refractivity contribution < 1.29 is 8.95 Å². The third-order valence-corrected chi connectivity index (χ3v) is 4.02. The quantitative estimate of drug-likeness (QED) is 0.618. The predicted octanol–water partition coefficient (Wildman–Crippen LogP) is 1.96. The van der Waals surface area contributed by atoms with Crippen molar-refractivity contribution in [1.29, 1.82) is 0 Å². The molecule has 0 saturated heterocycles. The molecule has 0 spiro atoms. The Labute approximate surface area is 83.5 Å². The van der Waals surface area contributed by atoms with Crippen LogP contribution in [0.2, 0.25) is 0 Å². The van der Waals surface area contributed by atoms with Crippen LogP contribution in [-0.4, -0.2) is 28.9 Å². The molecule has 13 heavy (non-hydrogen) atoms. The van der Waals surface area contributed by atoms with Gasteiger partial charge < -0.3 is 4.74 Å². The minimum Gasteiger partial charge on any atom is -0.381 e. The average molecular weight is 204 g/mol. The van der Waals surface area contributed by atoms with Gasteiger partial charge in [0.2, 0.25) is 0 Å². The normalized spacial score (nSPS) is 20.7. The van der Waals surface area contributed by atoms with Gasteiger partial charge in [-0.05, 0) is 25.7 Å². The number of ether oxygens (including phenoxy) is 1. The molecule has 0 N–H and O–H groups in total. The fourth-order valence-corrected chi connectivity index (χ4v) is 3.15. The maximum absolute atomic E-state index is 11.5. The van der Waals surface area contributed by atoms with Crippen molar-refractivity contribution in [3.63, 3.8) is 0 Å². The Balaban J connectivity index is 2.02. The van der Waals surface area contributed by atoms with Crippen LogP contribution in [0.5, 0.6) is 0 Å². The Hall–Kier alpha value is 0.110. The summed E-state index contributed by atoms with van der Waals surface area (Å²) in [6.07, 6.45) is 5.27. The van der Waals surface area contributed by atoms with Gasteiger partial charge in [0.05, 0.1) is 6.61 Å². The lowest BCUT2D eigenvalue weighted by Gasteiger charge is -2.08. The molecule has 0 aliphatic heterocycles. The molecule has 1 saturated carbocycles. The van der Waals surface area contributed by atoms with E-state index in [0.29, 0.717) is 6.61 Å². The van der Waals surface area contributed by atoms with Gasteiger partial charge in [-0.1, -0.05) is 12.8 Å². The van der Waals surface area contributed by atoms with E-state index in [4.69, 9.17) is 4.74 Å². The van der Waals surface area contributed by atoms with Crippen LogP contribution in [0.25, 0.3) is 0 Å². The molecule has 1 aliphatic rings. The van der Waals surface area contributed by atoms with E-state index >= 15 is 0 Å². The zero-order valence-electron chi connectivity index (χ0n) is 8.46. The topological polar surface area (TPSA) is 26.3 Å². The van der Waals surface area contributed by atoms with E-state index in [2.05, 4.69) is 0 Å².